The zero-order chi connectivity index (χ0) is 24.1. The van der Waals surface area contributed by atoms with Gasteiger partial charge in [-0.05, 0) is 31.5 Å². The number of carbonyl (C=O) groups is 1. The smallest absolute Gasteiger partial charge is 0.333 e. The molecule has 0 atom stereocenters. The molecule has 172 valence electrons. The number of hydrogen-bond acceptors (Lipinski definition) is 6. The molecule has 0 unspecified atom stereocenters. The van der Waals surface area contributed by atoms with Gasteiger partial charge < -0.3 is 10.4 Å². The van der Waals surface area contributed by atoms with E-state index >= 15 is 0 Å². The number of nitrogens with one attached hydrogen (secondary N) is 1. The van der Waals surface area contributed by atoms with Crippen LogP contribution in [0.4, 0.5) is 5.69 Å². The van der Waals surface area contributed by atoms with Crippen molar-refractivity contribution in [2.24, 2.45) is 19.1 Å². The van der Waals surface area contributed by atoms with Gasteiger partial charge >= 0.3 is 5.69 Å². The summed E-state index contributed by atoms with van der Waals surface area (Å²) in [5, 5.41) is 13.6. The number of hydrogen-bond donors (Lipinski definition) is 2. The van der Waals surface area contributed by atoms with Crippen LogP contribution < -0.4 is 16.6 Å². The normalized spacial score (nSPS) is 11.5. The van der Waals surface area contributed by atoms with E-state index in [2.05, 4.69) is 10.3 Å². The minimum Gasteiger partial charge on any atom is -0.494 e. The molecule has 0 bridgehead atoms. The molecule has 1 aromatic heterocycles. The molecule has 9 heteroatoms. The Bertz CT molecular complexity index is 1310. The van der Waals surface area contributed by atoms with Crippen molar-refractivity contribution in [3.63, 3.8) is 0 Å². The van der Waals surface area contributed by atoms with Crippen LogP contribution in [0, 0.1) is 13.8 Å². The Labute approximate surface area is 195 Å². The number of aromatic nitrogens is 2. The lowest BCUT2D eigenvalue weighted by atomic mass is 10.1. The highest BCUT2D eigenvalue weighted by atomic mass is 32.2. The zero-order valence-corrected chi connectivity index (χ0v) is 19.8. The van der Waals surface area contributed by atoms with Gasteiger partial charge in [-0.15, -0.1) is 0 Å². The molecule has 2 aromatic carbocycles. The fourth-order valence-corrected chi connectivity index (χ4v) is 3.87. The first-order valence-corrected chi connectivity index (χ1v) is 11.3. The highest BCUT2D eigenvalue weighted by molar-refractivity contribution is 8.15. The Kier molecular flexibility index (Phi) is 7.55. The number of aryl methyl sites for hydroxylation is 2. The van der Waals surface area contributed by atoms with Gasteiger partial charge in [0.05, 0.1) is 11.4 Å². The lowest BCUT2D eigenvalue weighted by Gasteiger charge is -2.12. The molecule has 1 amide bonds. The number of nitrogens with zero attached hydrogens (tertiary/aromatic N) is 3. The second-order valence-electron chi connectivity index (χ2n) is 7.71. The Balaban J connectivity index is 1.88. The first-order chi connectivity index (χ1) is 15.7. The monoisotopic (exact) mass is 466 g/mol. The summed E-state index contributed by atoms with van der Waals surface area (Å²) in [4.78, 5) is 42.0. The number of carbonyl (C=O) groups excluding carboxylic acids is 1. The van der Waals surface area contributed by atoms with E-state index in [1.165, 1.54) is 14.1 Å². The van der Waals surface area contributed by atoms with Gasteiger partial charge in [0.2, 0.25) is 11.8 Å². The average Bonchev–Trinajstić information content (AvgIpc) is 2.81. The maximum absolute atomic E-state index is 12.8. The van der Waals surface area contributed by atoms with Gasteiger partial charge in [0.15, 0.2) is 0 Å². The Morgan fingerprint density at radius 3 is 2.15 bits per heavy atom. The summed E-state index contributed by atoms with van der Waals surface area (Å²) in [7, 11) is 2.69. The second-order valence-corrected chi connectivity index (χ2v) is 8.67. The van der Waals surface area contributed by atoms with E-state index in [9.17, 15) is 19.5 Å². The molecule has 33 heavy (non-hydrogen) atoms. The van der Waals surface area contributed by atoms with Gasteiger partial charge in [0.25, 0.3) is 5.56 Å². The molecule has 0 radical (unpaired) electrons. The molecule has 3 aromatic rings. The first-order valence-electron chi connectivity index (χ1n) is 10.3. The maximum atomic E-state index is 12.8. The molecule has 0 aliphatic rings. The average molecular weight is 467 g/mol. The molecular weight excluding hydrogens is 440 g/mol. The van der Waals surface area contributed by atoms with Crippen molar-refractivity contribution in [1.29, 1.82) is 0 Å². The molecule has 0 fully saturated rings. The van der Waals surface area contributed by atoms with E-state index in [1.807, 2.05) is 50.2 Å². The highest BCUT2D eigenvalue weighted by Gasteiger charge is 2.21. The van der Waals surface area contributed by atoms with E-state index in [-0.39, 0.29) is 22.3 Å². The summed E-state index contributed by atoms with van der Waals surface area (Å²) < 4.78 is 1.87. The molecule has 2 N–H and O–H groups in total. The number of rotatable bonds is 6. The van der Waals surface area contributed by atoms with Crippen LogP contribution in [0.2, 0.25) is 0 Å². The van der Waals surface area contributed by atoms with E-state index in [0.29, 0.717) is 12.2 Å². The summed E-state index contributed by atoms with van der Waals surface area (Å²) in [6.07, 6.45) is 0. The Hall–Kier alpha value is -3.59. The van der Waals surface area contributed by atoms with Gasteiger partial charge in [-0.25, -0.2) is 9.79 Å². The molecule has 3 rings (SSSR count). The number of thioether (sulfide) groups is 1. The van der Waals surface area contributed by atoms with Crippen molar-refractivity contribution in [1.82, 2.24) is 14.5 Å². The van der Waals surface area contributed by atoms with E-state index < -0.39 is 17.1 Å². The van der Waals surface area contributed by atoms with Crippen molar-refractivity contribution in [3.8, 4) is 5.88 Å². The van der Waals surface area contributed by atoms with Crippen LogP contribution in [-0.4, -0.2) is 30.9 Å². The molecule has 0 aliphatic carbocycles. The standard InChI is InChI=1S/C24H26N4O4S/c1-15-5-9-17(10-6-15)13-25-19(29)14-33-21(26-18-11-7-16(2)8-12-18)20-22(30)27(3)24(32)28(4)23(20)31/h5-12,30H,13-14H2,1-4H3,(H,25,29). The molecular formula is C24H26N4O4S. The molecule has 0 saturated carbocycles. The lowest BCUT2D eigenvalue weighted by molar-refractivity contribution is -0.118. The van der Waals surface area contributed by atoms with Gasteiger partial charge in [-0.1, -0.05) is 59.3 Å². The second kappa shape index (κ2) is 10.4. The van der Waals surface area contributed by atoms with E-state index in [0.717, 1.165) is 37.6 Å². The van der Waals surface area contributed by atoms with Gasteiger partial charge in [-0.3, -0.25) is 18.7 Å². The van der Waals surface area contributed by atoms with Crippen LogP contribution in [0.5, 0.6) is 5.88 Å². The number of aliphatic imine (C=N–C) groups is 1. The summed E-state index contributed by atoms with van der Waals surface area (Å²) in [6.45, 7) is 4.31. The summed E-state index contributed by atoms with van der Waals surface area (Å²) >= 11 is 1.02. The van der Waals surface area contributed by atoms with Crippen LogP contribution in [0.15, 0.2) is 63.1 Å². The summed E-state index contributed by atoms with van der Waals surface area (Å²) in [5.41, 5.74) is 2.23. The highest BCUT2D eigenvalue weighted by Crippen LogP contribution is 2.23. The van der Waals surface area contributed by atoms with Crippen molar-refractivity contribution in [2.45, 2.75) is 20.4 Å². The van der Waals surface area contributed by atoms with Crippen LogP contribution >= 0.6 is 11.8 Å². The van der Waals surface area contributed by atoms with Crippen molar-refractivity contribution >= 4 is 28.4 Å². The van der Waals surface area contributed by atoms with Crippen molar-refractivity contribution < 1.29 is 9.90 Å². The van der Waals surface area contributed by atoms with Crippen LogP contribution in [0.1, 0.15) is 22.3 Å². The third-order valence-electron chi connectivity index (χ3n) is 5.06. The SMILES string of the molecule is Cc1ccc(CNC(=O)CSC(=Nc2ccc(C)cc2)c2c(O)n(C)c(=O)n(C)c2=O)cc1. The Morgan fingerprint density at radius 1 is 0.970 bits per heavy atom. The topological polar surface area (TPSA) is 106 Å². The molecule has 8 nitrogen and oxygen atoms in total. The third-order valence-corrected chi connectivity index (χ3v) is 6.04. The predicted octanol–water partition coefficient (Wildman–Crippen LogP) is 2.53. The molecule has 0 spiro atoms. The fourth-order valence-electron chi connectivity index (χ4n) is 3.01. The summed E-state index contributed by atoms with van der Waals surface area (Å²) in [5.74, 6) is -0.776. The van der Waals surface area contributed by atoms with Crippen LogP contribution in [-0.2, 0) is 25.4 Å². The van der Waals surface area contributed by atoms with Gasteiger partial charge in [0.1, 0.15) is 10.6 Å². The molecule has 0 aliphatic heterocycles. The fraction of sp³-hybridized carbons (Fsp3) is 0.250. The number of amides is 1. The first kappa shape index (κ1) is 24.1. The van der Waals surface area contributed by atoms with Gasteiger partial charge in [-0.2, -0.15) is 0 Å². The summed E-state index contributed by atoms with van der Waals surface area (Å²) in [6, 6.07) is 15.1. The maximum Gasteiger partial charge on any atom is 0.333 e. The van der Waals surface area contributed by atoms with Crippen molar-refractivity contribution in [2.75, 3.05) is 5.75 Å². The number of aromatic hydroxyl groups is 1. The van der Waals surface area contributed by atoms with E-state index in [4.69, 9.17) is 0 Å². The minimum atomic E-state index is -0.686. The number of benzene rings is 2. The van der Waals surface area contributed by atoms with Crippen molar-refractivity contribution in [3.05, 3.63) is 91.6 Å². The van der Waals surface area contributed by atoms with Gasteiger partial charge in [0, 0.05) is 20.6 Å². The zero-order valence-electron chi connectivity index (χ0n) is 19.0. The lowest BCUT2D eigenvalue weighted by Crippen LogP contribution is -2.39. The van der Waals surface area contributed by atoms with E-state index in [1.54, 1.807) is 12.1 Å². The largest absolute Gasteiger partial charge is 0.494 e. The molecule has 1 heterocycles. The van der Waals surface area contributed by atoms with Crippen LogP contribution in [0.25, 0.3) is 0 Å². The quantitative estimate of drug-likeness (QED) is 0.429. The Morgan fingerprint density at radius 2 is 1.55 bits per heavy atom. The predicted molar refractivity (Wildman–Crippen MR) is 131 cm³/mol. The third kappa shape index (κ3) is 5.81. The molecule has 0 saturated heterocycles. The van der Waals surface area contributed by atoms with Crippen LogP contribution in [0.3, 0.4) is 0 Å². The minimum absolute atomic E-state index is 0.0258.